The first-order valence-corrected chi connectivity index (χ1v) is 7.97. The van der Waals surface area contributed by atoms with Crippen LogP contribution in [-0.4, -0.2) is 33.2 Å². The molecular weight excluding hydrogens is 336 g/mol. The van der Waals surface area contributed by atoms with Gasteiger partial charge < -0.3 is 25.7 Å². The summed E-state index contributed by atoms with van der Waals surface area (Å²) in [4.78, 5) is 25.1. The molecular formula is C19H18N2O5. The molecule has 2 aromatic carbocycles. The standard InChI is InChI=1S/C19H18N2O5/c20-16(19(24)25)7-13-9-21-17-5-4-14(8-15(13)17)26-10-11-2-1-3-12(6-11)18(22)23/h1-6,8-9,16,21H,7,10,20H2,(H,22,23)(H,24,25)/t16-/m0/s1. The summed E-state index contributed by atoms with van der Waals surface area (Å²) in [7, 11) is 0. The molecule has 0 saturated heterocycles. The summed E-state index contributed by atoms with van der Waals surface area (Å²) in [5.74, 6) is -1.44. The Morgan fingerprint density at radius 3 is 2.69 bits per heavy atom. The van der Waals surface area contributed by atoms with E-state index in [1.807, 2.05) is 12.1 Å². The van der Waals surface area contributed by atoms with Crippen LogP contribution < -0.4 is 10.5 Å². The summed E-state index contributed by atoms with van der Waals surface area (Å²) in [5.41, 5.74) is 8.22. The summed E-state index contributed by atoms with van der Waals surface area (Å²) in [5, 5.41) is 18.9. The number of carbonyl (C=O) groups is 2. The van der Waals surface area contributed by atoms with Gasteiger partial charge in [-0.1, -0.05) is 12.1 Å². The van der Waals surface area contributed by atoms with Crippen molar-refractivity contribution in [2.45, 2.75) is 19.1 Å². The van der Waals surface area contributed by atoms with E-state index in [4.69, 9.17) is 20.7 Å². The van der Waals surface area contributed by atoms with Crippen LogP contribution >= 0.6 is 0 Å². The zero-order chi connectivity index (χ0) is 18.7. The normalized spacial score (nSPS) is 12.0. The number of aromatic amines is 1. The van der Waals surface area contributed by atoms with E-state index in [1.165, 1.54) is 6.07 Å². The number of ether oxygens (including phenoxy) is 1. The minimum absolute atomic E-state index is 0.206. The highest BCUT2D eigenvalue weighted by Crippen LogP contribution is 2.25. The highest BCUT2D eigenvalue weighted by atomic mass is 16.5. The van der Waals surface area contributed by atoms with Crippen molar-refractivity contribution in [2.75, 3.05) is 0 Å². The van der Waals surface area contributed by atoms with Gasteiger partial charge in [-0.25, -0.2) is 4.79 Å². The summed E-state index contributed by atoms with van der Waals surface area (Å²) in [6.07, 6.45) is 1.95. The Kier molecular flexibility index (Phi) is 4.90. The van der Waals surface area contributed by atoms with E-state index in [9.17, 15) is 9.59 Å². The van der Waals surface area contributed by atoms with Gasteiger partial charge in [-0.2, -0.15) is 0 Å². The maximum absolute atomic E-state index is 11.0. The molecule has 26 heavy (non-hydrogen) atoms. The topological polar surface area (TPSA) is 126 Å². The third-order valence-corrected chi connectivity index (χ3v) is 4.08. The molecule has 3 aromatic rings. The fraction of sp³-hybridized carbons (Fsp3) is 0.158. The molecule has 0 unspecified atom stereocenters. The van der Waals surface area contributed by atoms with E-state index in [1.54, 1.807) is 30.5 Å². The Bertz CT molecular complexity index is 963. The fourth-order valence-electron chi connectivity index (χ4n) is 2.70. The number of hydrogen-bond acceptors (Lipinski definition) is 4. The average molecular weight is 354 g/mol. The summed E-state index contributed by atoms with van der Waals surface area (Å²) in [6.45, 7) is 0.223. The third kappa shape index (κ3) is 3.84. The second-order valence-corrected chi connectivity index (χ2v) is 5.96. The molecule has 0 aliphatic heterocycles. The van der Waals surface area contributed by atoms with Gasteiger partial charge in [0.05, 0.1) is 5.56 Å². The zero-order valence-corrected chi connectivity index (χ0v) is 13.8. The number of nitrogens with two attached hydrogens (primary N) is 1. The molecule has 5 N–H and O–H groups in total. The van der Waals surface area contributed by atoms with Gasteiger partial charge in [-0.15, -0.1) is 0 Å². The van der Waals surface area contributed by atoms with Gasteiger partial charge in [0.2, 0.25) is 0 Å². The smallest absolute Gasteiger partial charge is 0.335 e. The van der Waals surface area contributed by atoms with Crippen molar-refractivity contribution in [3.63, 3.8) is 0 Å². The van der Waals surface area contributed by atoms with Gasteiger partial charge >= 0.3 is 11.9 Å². The second kappa shape index (κ2) is 7.28. The van der Waals surface area contributed by atoms with Crippen LogP contribution in [0.2, 0.25) is 0 Å². The van der Waals surface area contributed by atoms with E-state index in [0.29, 0.717) is 5.75 Å². The second-order valence-electron chi connectivity index (χ2n) is 5.96. The van der Waals surface area contributed by atoms with Crippen molar-refractivity contribution in [3.05, 3.63) is 65.4 Å². The maximum Gasteiger partial charge on any atom is 0.335 e. The van der Waals surface area contributed by atoms with Crippen molar-refractivity contribution >= 4 is 22.8 Å². The van der Waals surface area contributed by atoms with Crippen molar-refractivity contribution in [2.24, 2.45) is 5.73 Å². The molecule has 3 rings (SSSR count). The number of carboxylic acids is 2. The first-order valence-electron chi connectivity index (χ1n) is 7.97. The highest BCUT2D eigenvalue weighted by Gasteiger charge is 2.15. The predicted molar refractivity (Wildman–Crippen MR) is 95.3 cm³/mol. The average Bonchev–Trinajstić information content (AvgIpc) is 3.02. The molecule has 0 amide bonds. The Morgan fingerprint density at radius 1 is 1.15 bits per heavy atom. The number of aromatic carboxylic acids is 1. The van der Waals surface area contributed by atoms with Crippen LogP contribution in [0, 0.1) is 0 Å². The van der Waals surface area contributed by atoms with Crippen LogP contribution in [0.4, 0.5) is 0 Å². The SMILES string of the molecule is N[C@@H](Cc1c[nH]c2ccc(OCc3cccc(C(=O)O)c3)cc12)C(=O)O. The molecule has 0 fully saturated rings. The molecule has 1 heterocycles. The van der Waals surface area contributed by atoms with Crippen LogP contribution in [0.1, 0.15) is 21.5 Å². The number of rotatable bonds is 7. The number of nitrogens with one attached hydrogen (secondary N) is 1. The fourth-order valence-corrected chi connectivity index (χ4v) is 2.70. The molecule has 0 bridgehead atoms. The monoisotopic (exact) mass is 354 g/mol. The molecule has 0 spiro atoms. The lowest BCUT2D eigenvalue weighted by molar-refractivity contribution is -0.138. The number of H-pyrrole nitrogens is 1. The first-order chi connectivity index (χ1) is 12.4. The molecule has 1 atom stereocenters. The van der Waals surface area contributed by atoms with Gasteiger partial charge in [-0.3, -0.25) is 4.79 Å². The molecule has 0 aliphatic carbocycles. The lowest BCUT2D eigenvalue weighted by Crippen LogP contribution is -2.32. The molecule has 0 aliphatic rings. The molecule has 7 heteroatoms. The number of hydrogen-bond donors (Lipinski definition) is 4. The molecule has 134 valence electrons. The lowest BCUT2D eigenvalue weighted by Gasteiger charge is -2.08. The Balaban J connectivity index is 1.77. The molecule has 0 radical (unpaired) electrons. The summed E-state index contributed by atoms with van der Waals surface area (Å²) in [6, 6.07) is 11.0. The van der Waals surface area contributed by atoms with Crippen LogP contribution in [0.15, 0.2) is 48.7 Å². The number of carboxylic acid groups (broad SMARTS) is 2. The number of aliphatic carboxylic acids is 1. The van der Waals surface area contributed by atoms with Crippen LogP contribution in [-0.2, 0) is 17.8 Å². The highest BCUT2D eigenvalue weighted by molar-refractivity contribution is 5.87. The first kappa shape index (κ1) is 17.5. The Morgan fingerprint density at radius 2 is 1.96 bits per heavy atom. The van der Waals surface area contributed by atoms with E-state index in [0.717, 1.165) is 22.0 Å². The number of aromatic nitrogens is 1. The largest absolute Gasteiger partial charge is 0.489 e. The molecule has 1 aromatic heterocycles. The summed E-state index contributed by atoms with van der Waals surface area (Å²) >= 11 is 0. The lowest BCUT2D eigenvalue weighted by atomic mass is 10.1. The van der Waals surface area contributed by atoms with Crippen molar-refractivity contribution in [3.8, 4) is 5.75 Å². The van der Waals surface area contributed by atoms with Crippen LogP contribution in [0.25, 0.3) is 10.9 Å². The quantitative estimate of drug-likeness (QED) is 0.516. The van der Waals surface area contributed by atoms with E-state index >= 15 is 0 Å². The molecule has 7 nitrogen and oxygen atoms in total. The third-order valence-electron chi connectivity index (χ3n) is 4.08. The minimum Gasteiger partial charge on any atom is -0.489 e. The van der Waals surface area contributed by atoms with Crippen molar-refractivity contribution in [1.29, 1.82) is 0 Å². The Labute approximate surface area is 149 Å². The van der Waals surface area contributed by atoms with Crippen LogP contribution in [0.5, 0.6) is 5.75 Å². The minimum atomic E-state index is -1.05. The van der Waals surface area contributed by atoms with Gasteiger partial charge in [-0.05, 0) is 41.5 Å². The van der Waals surface area contributed by atoms with E-state index in [-0.39, 0.29) is 18.6 Å². The zero-order valence-electron chi connectivity index (χ0n) is 13.8. The maximum atomic E-state index is 11.0. The summed E-state index contributed by atoms with van der Waals surface area (Å²) < 4.78 is 5.76. The Hall–Kier alpha value is -3.32. The van der Waals surface area contributed by atoms with Gasteiger partial charge in [0, 0.05) is 23.5 Å². The number of benzene rings is 2. The van der Waals surface area contributed by atoms with E-state index < -0.39 is 18.0 Å². The van der Waals surface area contributed by atoms with E-state index in [2.05, 4.69) is 4.98 Å². The van der Waals surface area contributed by atoms with Crippen molar-refractivity contribution in [1.82, 2.24) is 4.98 Å². The van der Waals surface area contributed by atoms with Gasteiger partial charge in [0.25, 0.3) is 0 Å². The van der Waals surface area contributed by atoms with Gasteiger partial charge in [0.15, 0.2) is 0 Å². The molecule has 0 saturated carbocycles. The van der Waals surface area contributed by atoms with Crippen molar-refractivity contribution < 1.29 is 24.5 Å². The van der Waals surface area contributed by atoms with Gasteiger partial charge in [0.1, 0.15) is 18.4 Å². The van der Waals surface area contributed by atoms with Crippen LogP contribution in [0.3, 0.4) is 0 Å². The predicted octanol–water partition coefficient (Wildman–Crippen LogP) is 2.40. The number of fused-ring (bicyclic) bond motifs is 1.